The molecule has 0 bridgehead atoms. The maximum Gasteiger partial charge on any atom is 0.140 e. The third-order valence-corrected chi connectivity index (χ3v) is 4.53. The standard InChI is InChI=1S/C19H17FN4O/c1-12-17(14-8-13(11-21)9-15(20)10-14)18-16(2-3-22-19(18)23-12)24-4-6-25-7-5-24/h2-3,8-10H,4-7H2,1H3,(H,22,23). The van der Waals surface area contributed by atoms with E-state index in [9.17, 15) is 4.39 Å². The average molecular weight is 336 g/mol. The second kappa shape index (κ2) is 6.19. The normalized spacial score (nSPS) is 14.7. The van der Waals surface area contributed by atoms with E-state index in [0.29, 0.717) is 24.3 Å². The van der Waals surface area contributed by atoms with Crippen LogP contribution in [0, 0.1) is 24.1 Å². The summed E-state index contributed by atoms with van der Waals surface area (Å²) < 4.78 is 19.4. The lowest BCUT2D eigenvalue weighted by atomic mass is 9.99. The summed E-state index contributed by atoms with van der Waals surface area (Å²) in [5.74, 6) is -0.417. The summed E-state index contributed by atoms with van der Waals surface area (Å²) in [6, 6.07) is 8.43. The number of hydrogen-bond donors (Lipinski definition) is 1. The molecule has 3 aromatic rings. The van der Waals surface area contributed by atoms with Gasteiger partial charge in [0, 0.05) is 30.5 Å². The molecule has 0 atom stereocenters. The number of nitrogens with one attached hydrogen (secondary N) is 1. The predicted molar refractivity (Wildman–Crippen MR) is 94.0 cm³/mol. The van der Waals surface area contributed by atoms with Crippen LogP contribution < -0.4 is 4.90 Å². The summed E-state index contributed by atoms with van der Waals surface area (Å²) in [6.07, 6.45) is 1.78. The molecular formula is C19H17FN4O. The Balaban J connectivity index is 1.96. The monoisotopic (exact) mass is 336 g/mol. The minimum absolute atomic E-state index is 0.306. The van der Waals surface area contributed by atoms with Gasteiger partial charge in [0.25, 0.3) is 0 Å². The zero-order valence-corrected chi connectivity index (χ0v) is 13.8. The fourth-order valence-corrected chi connectivity index (χ4v) is 3.45. The first-order valence-electron chi connectivity index (χ1n) is 8.18. The fourth-order valence-electron chi connectivity index (χ4n) is 3.45. The van der Waals surface area contributed by atoms with Crippen LogP contribution in [0.4, 0.5) is 10.1 Å². The van der Waals surface area contributed by atoms with Gasteiger partial charge in [0.1, 0.15) is 11.5 Å². The van der Waals surface area contributed by atoms with E-state index in [2.05, 4.69) is 14.9 Å². The van der Waals surface area contributed by atoms with Crippen LogP contribution in [0.2, 0.25) is 0 Å². The molecule has 126 valence electrons. The molecule has 0 spiro atoms. The van der Waals surface area contributed by atoms with Crippen LogP contribution in [-0.2, 0) is 4.74 Å². The Hall–Kier alpha value is -2.91. The highest BCUT2D eigenvalue weighted by Gasteiger charge is 2.20. The van der Waals surface area contributed by atoms with Crippen LogP contribution in [0.5, 0.6) is 0 Å². The molecule has 0 aliphatic carbocycles. The van der Waals surface area contributed by atoms with Crippen molar-refractivity contribution in [1.82, 2.24) is 9.97 Å². The highest BCUT2D eigenvalue weighted by molar-refractivity contribution is 6.04. The van der Waals surface area contributed by atoms with Gasteiger partial charge in [-0.15, -0.1) is 0 Å². The SMILES string of the molecule is Cc1[nH]c2nccc(N3CCOCC3)c2c1-c1cc(F)cc(C#N)c1. The number of benzene rings is 1. The number of aromatic amines is 1. The van der Waals surface area contributed by atoms with E-state index in [0.717, 1.165) is 41.1 Å². The number of morpholine rings is 1. The molecule has 1 aliphatic rings. The van der Waals surface area contributed by atoms with Crippen molar-refractivity contribution in [2.24, 2.45) is 0 Å². The van der Waals surface area contributed by atoms with E-state index >= 15 is 0 Å². The maximum atomic E-state index is 14.0. The summed E-state index contributed by atoms with van der Waals surface area (Å²) in [5.41, 5.74) is 4.59. The number of fused-ring (bicyclic) bond motifs is 1. The first-order valence-corrected chi connectivity index (χ1v) is 8.18. The molecule has 25 heavy (non-hydrogen) atoms. The van der Waals surface area contributed by atoms with Crippen molar-refractivity contribution in [3.05, 3.63) is 47.5 Å². The smallest absolute Gasteiger partial charge is 0.140 e. The summed E-state index contributed by atoms with van der Waals surface area (Å²) >= 11 is 0. The molecule has 6 heteroatoms. The minimum atomic E-state index is -0.417. The zero-order valence-electron chi connectivity index (χ0n) is 13.8. The van der Waals surface area contributed by atoms with Gasteiger partial charge in [-0.3, -0.25) is 0 Å². The number of nitrogens with zero attached hydrogens (tertiary/aromatic N) is 3. The fraction of sp³-hybridized carbons (Fsp3) is 0.263. The Morgan fingerprint density at radius 3 is 2.84 bits per heavy atom. The molecule has 0 radical (unpaired) electrons. The van der Waals surface area contributed by atoms with Gasteiger partial charge in [-0.05, 0) is 36.8 Å². The van der Waals surface area contributed by atoms with Gasteiger partial charge >= 0.3 is 0 Å². The number of aryl methyl sites for hydroxylation is 1. The Morgan fingerprint density at radius 2 is 2.08 bits per heavy atom. The number of H-pyrrole nitrogens is 1. The Kier molecular flexibility index (Phi) is 3.86. The summed E-state index contributed by atoms with van der Waals surface area (Å²) in [5, 5.41) is 10.1. The van der Waals surface area contributed by atoms with Crippen LogP contribution >= 0.6 is 0 Å². The molecule has 1 N–H and O–H groups in total. The molecule has 1 saturated heterocycles. The minimum Gasteiger partial charge on any atom is -0.378 e. The van der Waals surface area contributed by atoms with E-state index in [1.54, 1.807) is 12.3 Å². The second-order valence-corrected chi connectivity index (χ2v) is 6.12. The highest BCUT2D eigenvalue weighted by Crippen LogP contribution is 2.38. The molecule has 5 nitrogen and oxygen atoms in total. The number of hydrogen-bond acceptors (Lipinski definition) is 4. The first-order chi connectivity index (χ1) is 12.2. The second-order valence-electron chi connectivity index (χ2n) is 6.12. The van der Waals surface area contributed by atoms with Crippen molar-refractivity contribution in [2.45, 2.75) is 6.92 Å². The largest absolute Gasteiger partial charge is 0.378 e. The summed E-state index contributed by atoms with van der Waals surface area (Å²) in [4.78, 5) is 9.98. The lowest BCUT2D eigenvalue weighted by molar-refractivity contribution is 0.123. The number of anilines is 1. The summed E-state index contributed by atoms with van der Waals surface area (Å²) in [7, 11) is 0. The van der Waals surface area contributed by atoms with Crippen molar-refractivity contribution in [3.63, 3.8) is 0 Å². The van der Waals surface area contributed by atoms with Crippen LogP contribution in [0.15, 0.2) is 30.5 Å². The Morgan fingerprint density at radius 1 is 1.28 bits per heavy atom. The number of nitriles is 1. The lowest BCUT2D eigenvalue weighted by Crippen LogP contribution is -2.36. The molecule has 0 saturated carbocycles. The van der Waals surface area contributed by atoms with Crippen molar-refractivity contribution in [1.29, 1.82) is 5.26 Å². The van der Waals surface area contributed by atoms with E-state index in [1.165, 1.54) is 12.1 Å². The van der Waals surface area contributed by atoms with Gasteiger partial charge in [0.15, 0.2) is 0 Å². The van der Waals surface area contributed by atoms with Crippen molar-refractivity contribution in [2.75, 3.05) is 31.2 Å². The topological polar surface area (TPSA) is 64.9 Å². The highest BCUT2D eigenvalue weighted by atomic mass is 19.1. The molecule has 0 amide bonds. The number of aromatic nitrogens is 2. The van der Waals surface area contributed by atoms with Gasteiger partial charge in [0.2, 0.25) is 0 Å². The molecule has 3 heterocycles. The number of rotatable bonds is 2. The van der Waals surface area contributed by atoms with Gasteiger partial charge in [0.05, 0.1) is 35.9 Å². The molecule has 1 fully saturated rings. The Bertz CT molecular complexity index is 983. The summed E-state index contributed by atoms with van der Waals surface area (Å²) in [6.45, 7) is 4.91. The Labute approximate surface area is 144 Å². The van der Waals surface area contributed by atoms with Gasteiger partial charge in [-0.2, -0.15) is 5.26 Å². The molecule has 4 rings (SSSR count). The van der Waals surface area contributed by atoms with Crippen LogP contribution in [0.3, 0.4) is 0 Å². The number of halogens is 1. The van der Waals surface area contributed by atoms with Crippen LogP contribution in [0.1, 0.15) is 11.3 Å². The van der Waals surface area contributed by atoms with E-state index < -0.39 is 5.82 Å². The van der Waals surface area contributed by atoms with Crippen molar-refractivity contribution < 1.29 is 9.13 Å². The average Bonchev–Trinajstić information content (AvgIpc) is 2.97. The molecule has 1 aliphatic heterocycles. The predicted octanol–water partition coefficient (Wildman–Crippen LogP) is 3.39. The van der Waals surface area contributed by atoms with Gasteiger partial charge in [-0.1, -0.05) is 0 Å². The molecule has 1 aromatic carbocycles. The maximum absolute atomic E-state index is 14.0. The van der Waals surface area contributed by atoms with E-state index in [4.69, 9.17) is 10.00 Å². The van der Waals surface area contributed by atoms with Crippen LogP contribution in [0.25, 0.3) is 22.2 Å². The van der Waals surface area contributed by atoms with Crippen molar-refractivity contribution in [3.8, 4) is 17.2 Å². The molecule has 0 unspecified atom stereocenters. The molecule has 2 aromatic heterocycles. The lowest BCUT2D eigenvalue weighted by Gasteiger charge is -2.29. The van der Waals surface area contributed by atoms with Gasteiger partial charge in [-0.25, -0.2) is 9.37 Å². The molecular weight excluding hydrogens is 319 g/mol. The number of ether oxygens (including phenoxy) is 1. The quantitative estimate of drug-likeness (QED) is 0.779. The van der Waals surface area contributed by atoms with Gasteiger partial charge < -0.3 is 14.6 Å². The third kappa shape index (κ3) is 2.73. The third-order valence-electron chi connectivity index (χ3n) is 4.53. The van der Waals surface area contributed by atoms with Crippen LogP contribution in [-0.4, -0.2) is 36.3 Å². The zero-order chi connectivity index (χ0) is 17.4. The first kappa shape index (κ1) is 15.6. The number of pyridine rings is 1. The van der Waals surface area contributed by atoms with E-state index in [1.807, 2.05) is 19.1 Å². The van der Waals surface area contributed by atoms with E-state index in [-0.39, 0.29) is 0 Å². The van der Waals surface area contributed by atoms with Crippen molar-refractivity contribution >= 4 is 16.7 Å².